The number of hydrogen-bond donors (Lipinski definition) is 1. The predicted molar refractivity (Wildman–Crippen MR) is 159 cm³/mol. The normalized spacial score (nSPS) is 13.0. The van der Waals surface area contributed by atoms with E-state index in [1.807, 2.05) is 75.4 Å². The second-order valence-electron chi connectivity index (χ2n) is 10.2. The van der Waals surface area contributed by atoms with Gasteiger partial charge in [-0.25, -0.2) is 12.7 Å². The van der Waals surface area contributed by atoms with Crippen molar-refractivity contribution in [2.75, 3.05) is 13.6 Å². The van der Waals surface area contributed by atoms with Gasteiger partial charge in [0.05, 0.1) is 4.90 Å². The highest BCUT2D eigenvalue weighted by Gasteiger charge is 2.31. The first-order chi connectivity index (χ1) is 19.1. The minimum atomic E-state index is -3.65. The van der Waals surface area contributed by atoms with Gasteiger partial charge < -0.3 is 10.2 Å². The van der Waals surface area contributed by atoms with Gasteiger partial charge in [-0.1, -0.05) is 79.7 Å². The number of hydrogen-bond acceptors (Lipinski definition) is 4. The molecule has 0 aliphatic heterocycles. The number of sulfonamides is 1. The summed E-state index contributed by atoms with van der Waals surface area (Å²) in [6.45, 7) is 6.42. The first-order valence-electron chi connectivity index (χ1n) is 13.8. The van der Waals surface area contributed by atoms with E-state index < -0.39 is 16.1 Å². The highest BCUT2D eigenvalue weighted by Crippen LogP contribution is 2.20. The van der Waals surface area contributed by atoms with Gasteiger partial charge in [0.1, 0.15) is 6.04 Å². The Morgan fingerprint density at radius 3 is 2.12 bits per heavy atom. The molecule has 2 unspecified atom stereocenters. The summed E-state index contributed by atoms with van der Waals surface area (Å²) in [6.07, 6.45) is 1.60. The average Bonchev–Trinajstić information content (AvgIpc) is 2.96. The summed E-state index contributed by atoms with van der Waals surface area (Å²) in [7, 11) is -2.13. The standard InChI is InChI=1S/C32H41N3O4S/c1-5-26(3)33-32(37)30(23-27-16-8-6-9-17-27)35(24-28-18-13-12-15-25(28)2)31(36)21-14-22-34(4)40(38,39)29-19-10-7-11-20-29/h6-13,15-20,26,30H,5,14,21-24H2,1-4H3,(H,33,37). The van der Waals surface area contributed by atoms with Crippen LogP contribution in [0.2, 0.25) is 0 Å². The van der Waals surface area contributed by atoms with Crippen LogP contribution in [0.15, 0.2) is 89.8 Å². The van der Waals surface area contributed by atoms with Gasteiger partial charge in [-0.15, -0.1) is 0 Å². The molecular formula is C32H41N3O4S. The topological polar surface area (TPSA) is 86.8 Å². The second-order valence-corrected chi connectivity index (χ2v) is 12.3. The minimum absolute atomic E-state index is 0.0296. The van der Waals surface area contributed by atoms with Gasteiger partial charge in [0.2, 0.25) is 21.8 Å². The van der Waals surface area contributed by atoms with Crippen LogP contribution < -0.4 is 5.32 Å². The summed E-state index contributed by atoms with van der Waals surface area (Å²) in [5.41, 5.74) is 2.96. The lowest BCUT2D eigenvalue weighted by Gasteiger charge is -2.33. The van der Waals surface area contributed by atoms with Crippen molar-refractivity contribution < 1.29 is 18.0 Å². The third kappa shape index (κ3) is 8.50. The van der Waals surface area contributed by atoms with Crippen molar-refractivity contribution in [3.8, 4) is 0 Å². The molecular weight excluding hydrogens is 522 g/mol. The average molecular weight is 564 g/mol. The van der Waals surface area contributed by atoms with Crippen molar-refractivity contribution in [2.24, 2.45) is 0 Å². The molecule has 0 spiro atoms. The number of carbonyl (C=O) groups is 2. The maximum Gasteiger partial charge on any atom is 0.243 e. The smallest absolute Gasteiger partial charge is 0.243 e. The number of nitrogens with one attached hydrogen (secondary N) is 1. The molecule has 0 aromatic heterocycles. The van der Waals surface area contributed by atoms with Crippen molar-refractivity contribution in [3.05, 3.63) is 102 Å². The lowest BCUT2D eigenvalue weighted by atomic mass is 10.0. The third-order valence-electron chi connectivity index (χ3n) is 7.19. The summed E-state index contributed by atoms with van der Waals surface area (Å²) in [6, 6.07) is 25.1. The van der Waals surface area contributed by atoms with Gasteiger partial charge in [0.15, 0.2) is 0 Å². The van der Waals surface area contributed by atoms with E-state index in [1.165, 1.54) is 11.4 Å². The predicted octanol–water partition coefficient (Wildman–Crippen LogP) is 4.95. The molecule has 8 heteroatoms. The molecule has 0 aliphatic carbocycles. The molecule has 0 aliphatic rings. The van der Waals surface area contributed by atoms with Gasteiger partial charge in [0, 0.05) is 39.0 Å². The summed E-state index contributed by atoms with van der Waals surface area (Å²) in [5, 5.41) is 3.08. The molecule has 3 rings (SSSR count). The van der Waals surface area contributed by atoms with Crippen LogP contribution in [0.4, 0.5) is 0 Å². The molecule has 7 nitrogen and oxygen atoms in total. The van der Waals surface area contributed by atoms with Crippen LogP contribution >= 0.6 is 0 Å². The number of carbonyl (C=O) groups excluding carboxylic acids is 2. The monoisotopic (exact) mass is 563 g/mol. The molecule has 0 heterocycles. The molecule has 0 fully saturated rings. The van der Waals surface area contributed by atoms with Crippen molar-refractivity contribution >= 4 is 21.8 Å². The molecule has 2 amide bonds. The van der Waals surface area contributed by atoms with Crippen molar-refractivity contribution in [1.29, 1.82) is 0 Å². The molecule has 214 valence electrons. The van der Waals surface area contributed by atoms with Crippen LogP contribution in [-0.2, 0) is 32.6 Å². The van der Waals surface area contributed by atoms with E-state index in [1.54, 1.807) is 35.2 Å². The zero-order valence-electron chi connectivity index (χ0n) is 23.9. The van der Waals surface area contributed by atoms with Crippen LogP contribution in [0.5, 0.6) is 0 Å². The lowest BCUT2D eigenvalue weighted by molar-refractivity contribution is -0.141. The summed E-state index contributed by atoms with van der Waals surface area (Å²) in [5.74, 6) is -0.377. The molecule has 0 radical (unpaired) electrons. The Bertz CT molecular complexity index is 1350. The maximum absolute atomic E-state index is 13.8. The highest BCUT2D eigenvalue weighted by molar-refractivity contribution is 7.89. The summed E-state index contributed by atoms with van der Waals surface area (Å²) < 4.78 is 27.1. The van der Waals surface area contributed by atoms with Gasteiger partial charge in [0.25, 0.3) is 0 Å². The first-order valence-corrected chi connectivity index (χ1v) is 15.3. The van der Waals surface area contributed by atoms with Gasteiger partial charge in [-0.05, 0) is 55.5 Å². The van der Waals surface area contributed by atoms with E-state index in [0.29, 0.717) is 12.8 Å². The molecule has 2 atom stereocenters. The van der Waals surface area contributed by atoms with Crippen molar-refractivity contribution in [1.82, 2.24) is 14.5 Å². The molecule has 40 heavy (non-hydrogen) atoms. The Hall–Kier alpha value is -3.49. The van der Waals surface area contributed by atoms with Crippen LogP contribution in [0, 0.1) is 6.92 Å². The Balaban J connectivity index is 1.84. The SMILES string of the molecule is CCC(C)NC(=O)C(Cc1ccccc1)N(Cc1ccccc1C)C(=O)CCCN(C)S(=O)(=O)c1ccccc1. The fraction of sp³-hybridized carbons (Fsp3) is 0.375. The summed E-state index contributed by atoms with van der Waals surface area (Å²) in [4.78, 5) is 29.3. The van der Waals surface area contributed by atoms with E-state index in [4.69, 9.17) is 0 Å². The van der Waals surface area contributed by atoms with Crippen LogP contribution in [0.3, 0.4) is 0 Å². The zero-order chi connectivity index (χ0) is 29.1. The Morgan fingerprint density at radius 2 is 1.50 bits per heavy atom. The highest BCUT2D eigenvalue weighted by atomic mass is 32.2. The van der Waals surface area contributed by atoms with Crippen LogP contribution in [-0.4, -0.2) is 55.1 Å². The van der Waals surface area contributed by atoms with Crippen LogP contribution in [0.25, 0.3) is 0 Å². The molecule has 0 saturated carbocycles. The maximum atomic E-state index is 13.8. The molecule has 3 aromatic carbocycles. The Labute approximate surface area is 239 Å². The second kappa shape index (κ2) is 14.8. The van der Waals surface area contributed by atoms with Gasteiger partial charge >= 0.3 is 0 Å². The number of nitrogens with zero attached hydrogens (tertiary/aromatic N) is 2. The van der Waals surface area contributed by atoms with Gasteiger partial charge in [-0.3, -0.25) is 9.59 Å². The lowest BCUT2D eigenvalue weighted by Crippen LogP contribution is -2.52. The van der Waals surface area contributed by atoms with Gasteiger partial charge in [-0.2, -0.15) is 0 Å². The summed E-state index contributed by atoms with van der Waals surface area (Å²) >= 11 is 0. The number of benzene rings is 3. The van der Waals surface area contributed by atoms with E-state index in [-0.39, 0.29) is 42.3 Å². The molecule has 3 aromatic rings. The third-order valence-corrected chi connectivity index (χ3v) is 9.06. The van der Waals surface area contributed by atoms with Crippen molar-refractivity contribution in [3.63, 3.8) is 0 Å². The van der Waals surface area contributed by atoms with E-state index in [9.17, 15) is 18.0 Å². The minimum Gasteiger partial charge on any atom is -0.352 e. The quantitative estimate of drug-likeness (QED) is 0.301. The Kier molecular flexibility index (Phi) is 11.5. The molecule has 0 bridgehead atoms. The zero-order valence-corrected chi connectivity index (χ0v) is 24.7. The van der Waals surface area contributed by atoms with E-state index >= 15 is 0 Å². The van der Waals surface area contributed by atoms with Crippen molar-refractivity contribution in [2.45, 2.75) is 70.0 Å². The molecule has 1 N–H and O–H groups in total. The largest absolute Gasteiger partial charge is 0.352 e. The van der Waals surface area contributed by atoms with E-state index in [0.717, 1.165) is 23.1 Å². The Morgan fingerprint density at radius 1 is 0.900 bits per heavy atom. The first kappa shape index (κ1) is 31.0. The number of aryl methyl sites for hydroxylation is 1. The number of amides is 2. The van der Waals surface area contributed by atoms with Crippen LogP contribution in [0.1, 0.15) is 49.8 Å². The molecule has 0 saturated heterocycles. The fourth-order valence-corrected chi connectivity index (χ4v) is 5.69. The van der Waals surface area contributed by atoms with E-state index in [2.05, 4.69) is 5.32 Å². The fourth-order valence-electron chi connectivity index (χ4n) is 4.46. The number of rotatable bonds is 14.